The van der Waals surface area contributed by atoms with Crippen LogP contribution in [0.2, 0.25) is 0 Å². The van der Waals surface area contributed by atoms with Crippen molar-refractivity contribution in [2.45, 2.75) is 39.7 Å². The van der Waals surface area contributed by atoms with Crippen LogP contribution in [-0.2, 0) is 0 Å². The number of benzene rings is 1. The van der Waals surface area contributed by atoms with Gasteiger partial charge in [0, 0.05) is 11.6 Å². The number of rotatable bonds is 6. The Morgan fingerprint density at radius 2 is 2.06 bits per heavy atom. The smallest absolute Gasteiger partial charge is 0.165 e. The third-order valence-corrected chi connectivity index (χ3v) is 2.78. The minimum Gasteiger partial charge on any atom is -0.490 e. The van der Waals surface area contributed by atoms with Gasteiger partial charge in [-0.2, -0.15) is 0 Å². The Labute approximate surface area is 103 Å². The zero-order valence-corrected chi connectivity index (χ0v) is 10.9. The van der Waals surface area contributed by atoms with Crippen molar-refractivity contribution in [3.8, 4) is 5.75 Å². The van der Waals surface area contributed by atoms with E-state index in [1.807, 2.05) is 13.0 Å². The number of hydrogen-bond acceptors (Lipinski definition) is 2. The van der Waals surface area contributed by atoms with Gasteiger partial charge < -0.3 is 10.5 Å². The lowest BCUT2D eigenvalue weighted by molar-refractivity contribution is 0.238. The molecule has 0 heterocycles. The van der Waals surface area contributed by atoms with E-state index in [9.17, 15) is 4.39 Å². The molecule has 0 saturated carbocycles. The third kappa shape index (κ3) is 4.00. The van der Waals surface area contributed by atoms with Crippen molar-refractivity contribution in [3.05, 3.63) is 29.6 Å². The molecule has 0 aromatic heterocycles. The SMILES string of the molecule is CCCC(C)COc1c(F)cccc1[C@H](C)N. The van der Waals surface area contributed by atoms with Crippen LogP contribution >= 0.6 is 0 Å². The molecule has 1 aromatic carbocycles. The number of ether oxygens (including phenoxy) is 1. The molecule has 0 spiro atoms. The number of halogens is 1. The Hall–Kier alpha value is -1.09. The van der Waals surface area contributed by atoms with Gasteiger partial charge in [0.05, 0.1) is 6.61 Å². The van der Waals surface area contributed by atoms with E-state index in [0.717, 1.165) is 18.4 Å². The van der Waals surface area contributed by atoms with Crippen LogP contribution in [0.1, 0.15) is 45.2 Å². The molecule has 0 radical (unpaired) electrons. The van der Waals surface area contributed by atoms with Crippen LogP contribution in [0.15, 0.2) is 18.2 Å². The topological polar surface area (TPSA) is 35.2 Å². The second-order valence-corrected chi connectivity index (χ2v) is 4.65. The summed E-state index contributed by atoms with van der Waals surface area (Å²) in [5.41, 5.74) is 6.53. The fraction of sp³-hybridized carbons (Fsp3) is 0.571. The van der Waals surface area contributed by atoms with Crippen LogP contribution in [0.4, 0.5) is 4.39 Å². The zero-order valence-electron chi connectivity index (χ0n) is 10.9. The van der Waals surface area contributed by atoms with Gasteiger partial charge in [-0.3, -0.25) is 0 Å². The molecule has 3 heteroatoms. The first-order valence-electron chi connectivity index (χ1n) is 6.23. The second kappa shape index (κ2) is 6.60. The van der Waals surface area contributed by atoms with E-state index < -0.39 is 0 Å². The summed E-state index contributed by atoms with van der Waals surface area (Å²) in [6, 6.07) is 4.66. The quantitative estimate of drug-likeness (QED) is 0.822. The molecule has 1 rings (SSSR count). The number of nitrogens with two attached hydrogens (primary N) is 1. The largest absolute Gasteiger partial charge is 0.490 e. The van der Waals surface area contributed by atoms with Crippen LogP contribution in [-0.4, -0.2) is 6.61 Å². The van der Waals surface area contributed by atoms with Gasteiger partial charge in [0.2, 0.25) is 0 Å². The summed E-state index contributed by atoms with van der Waals surface area (Å²) in [5.74, 6) is 0.412. The molecule has 0 aliphatic carbocycles. The van der Waals surface area contributed by atoms with Crippen molar-refractivity contribution in [3.63, 3.8) is 0 Å². The first-order valence-corrected chi connectivity index (χ1v) is 6.23. The highest BCUT2D eigenvalue weighted by Gasteiger charge is 2.13. The third-order valence-electron chi connectivity index (χ3n) is 2.78. The van der Waals surface area contributed by atoms with E-state index in [0.29, 0.717) is 18.3 Å². The predicted octanol–water partition coefficient (Wildman–Crippen LogP) is 3.66. The molecular formula is C14H22FNO. The van der Waals surface area contributed by atoms with Gasteiger partial charge >= 0.3 is 0 Å². The number of hydrogen-bond donors (Lipinski definition) is 1. The van der Waals surface area contributed by atoms with E-state index in [1.54, 1.807) is 6.07 Å². The highest BCUT2D eigenvalue weighted by atomic mass is 19.1. The molecule has 96 valence electrons. The molecule has 0 bridgehead atoms. The van der Waals surface area contributed by atoms with Gasteiger partial charge in [-0.15, -0.1) is 0 Å². The lowest BCUT2D eigenvalue weighted by Crippen LogP contribution is -2.13. The van der Waals surface area contributed by atoms with Crippen molar-refractivity contribution >= 4 is 0 Å². The monoisotopic (exact) mass is 239 g/mol. The predicted molar refractivity (Wildman–Crippen MR) is 68.6 cm³/mol. The Kier molecular flexibility index (Phi) is 5.42. The summed E-state index contributed by atoms with van der Waals surface area (Å²) >= 11 is 0. The maximum Gasteiger partial charge on any atom is 0.165 e. The van der Waals surface area contributed by atoms with Gasteiger partial charge in [0.1, 0.15) is 0 Å². The van der Waals surface area contributed by atoms with Gasteiger partial charge in [-0.25, -0.2) is 4.39 Å². The zero-order chi connectivity index (χ0) is 12.8. The summed E-state index contributed by atoms with van der Waals surface area (Å²) in [4.78, 5) is 0. The fourth-order valence-electron chi connectivity index (χ4n) is 1.84. The summed E-state index contributed by atoms with van der Waals surface area (Å²) in [7, 11) is 0. The number of para-hydroxylation sites is 1. The molecule has 0 amide bonds. The first kappa shape index (κ1) is 14.0. The Morgan fingerprint density at radius 3 is 2.65 bits per heavy atom. The molecule has 0 aliphatic rings. The maximum atomic E-state index is 13.7. The minimum atomic E-state index is -0.330. The summed E-state index contributed by atoms with van der Waals surface area (Å²) < 4.78 is 19.3. The molecule has 1 unspecified atom stereocenters. The van der Waals surface area contributed by atoms with Gasteiger partial charge in [-0.1, -0.05) is 32.4 Å². The van der Waals surface area contributed by atoms with Gasteiger partial charge in [0.25, 0.3) is 0 Å². The average Bonchev–Trinajstić information content (AvgIpc) is 2.27. The van der Waals surface area contributed by atoms with Crippen molar-refractivity contribution < 1.29 is 9.13 Å². The maximum absolute atomic E-state index is 13.7. The second-order valence-electron chi connectivity index (χ2n) is 4.65. The van der Waals surface area contributed by atoms with Crippen molar-refractivity contribution in [2.75, 3.05) is 6.61 Å². The summed E-state index contributed by atoms with van der Waals surface area (Å²) in [6.45, 7) is 6.61. The van der Waals surface area contributed by atoms with Crippen LogP contribution < -0.4 is 10.5 Å². The molecule has 0 aliphatic heterocycles. The summed E-state index contributed by atoms with van der Waals surface area (Å²) in [6.07, 6.45) is 2.20. The van der Waals surface area contributed by atoms with Crippen LogP contribution in [0.3, 0.4) is 0 Å². The molecule has 17 heavy (non-hydrogen) atoms. The van der Waals surface area contributed by atoms with E-state index in [-0.39, 0.29) is 11.9 Å². The highest BCUT2D eigenvalue weighted by molar-refractivity contribution is 5.36. The highest BCUT2D eigenvalue weighted by Crippen LogP contribution is 2.27. The van der Waals surface area contributed by atoms with Crippen LogP contribution in [0, 0.1) is 11.7 Å². The molecule has 2 atom stereocenters. The lowest BCUT2D eigenvalue weighted by Gasteiger charge is -2.17. The molecule has 2 N–H and O–H groups in total. The average molecular weight is 239 g/mol. The van der Waals surface area contributed by atoms with Crippen LogP contribution in [0.5, 0.6) is 5.75 Å². The van der Waals surface area contributed by atoms with E-state index in [4.69, 9.17) is 10.5 Å². The Morgan fingerprint density at radius 1 is 1.35 bits per heavy atom. The van der Waals surface area contributed by atoms with Gasteiger partial charge in [-0.05, 0) is 25.3 Å². The molecule has 2 nitrogen and oxygen atoms in total. The van der Waals surface area contributed by atoms with Gasteiger partial charge in [0.15, 0.2) is 11.6 Å². The Balaban J connectivity index is 2.75. The van der Waals surface area contributed by atoms with Crippen LogP contribution in [0.25, 0.3) is 0 Å². The fourth-order valence-corrected chi connectivity index (χ4v) is 1.84. The Bertz CT molecular complexity index is 352. The van der Waals surface area contributed by atoms with Crippen molar-refractivity contribution in [2.24, 2.45) is 11.7 Å². The summed E-state index contributed by atoms with van der Waals surface area (Å²) in [5, 5.41) is 0. The molecular weight excluding hydrogens is 217 g/mol. The van der Waals surface area contributed by atoms with Crippen molar-refractivity contribution in [1.82, 2.24) is 0 Å². The van der Waals surface area contributed by atoms with Crippen molar-refractivity contribution in [1.29, 1.82) is 0 Å². The lowest BCUT2D eigenvalue weighted by atomic mass is 10.1. The van der Waals surface area contributed by atoms with E-state index >= 15 is 0 Å². The first-order chi connectivity index (χ1) is 8.06. The molecule has 0 saturated heterocycles. The van der Waals surface area contributed by atoms with E-state index in [2.05, 4.69) is 13.8 Å². The minimum absolute atomic E-state index is 0.220. The normalized spacial score (nSPS) is 14.4. The van der Waals surface area contributed by atoms with E-state index in [1.165, 1.54) is 6.07 Å². The standard InChI is InChI=1S/C14H22FNO/c1-4-6-10(2)9-17-14-12(11(3)16)7-5-8-13(14)15/h5,7-8,10-11H,4,6,9,16H2,1-3H3/t10?,11-/m0/s1. The molecule has 0 fully saturated rings. The molecule has 1 aromatic rings.